The Morgan fingerprint density at radius 1 is 1.22 bits per heavy atom. The van der Waals surface area contributed by atoms with Gasteiger partial charge in [-0.05, 0) is 18.6 Å². The van der Waals surface area contributed by atoms with E-state index in [1.165, 1.54) is 0 Å². The fourth-order valence-corrected chi connectivity index (χ4v) is 1.99. The van der Waals surface area contributed by atoms with Crippen LogP contribution in [0.3, 0.4) is 0 Å². The molecule has 0 aliphatic carbocycles. The van der Waals surface area contributed by atoms with Gasteiger partial charge in [0.05, 0.1) is 23.0 Å². The number of fused-ring (bicyclic) bond motifs is 1. The van der Waals surface area contributed by atoms with Crippen molar-refractivity contribution < 1.29 is 0 Å². The van der Waals surface area contributed by atoms with Crippen LogP contribution in [0.5, 0.6) is 0 Å². The Morgan fingerprint density at radius 2 is 2.06 bits per heavy atom. The lowest BCUT2D eigenvalue weighted by molar-refractivity contribution is 0.882. The summed E-state index contributed by atoms with van der Waals surface area (Å²) in [7, 11) is 0. The summed E-state index contributed by atoms with van der Waals surface area (Å²) in [5.41, 5.74) is 3.23. The Bertz CT molecular complexity index is 765. The van der Waals surface area contributed by atoms with Crippen molar-refractivity contribution in [2.45, 2.75) is 6.92 Å². The van der Waals surface area contributed by atoms with Gasteiger partial charge in [0.15, 0.2) is 0 Å². The smallest absolute Gasteiger partial charge is 0.103 e. The molecule has 2 aromatic heterocycles. The zero-order valence-corrected chi connectivity index (χ0v) is 9.83. The second-order valence-electron chi connectivity index (χ2n) is 4.11. The fourth-order valence-electron chi connectivity index (χ4n) is 1.99. The lowest BCUT2D eigenvalue weighted by Crippen LogP contribution is -2.00. The van der Waals surface area contributed by atoms with Gasteiger partial charge in [-0.15, -0.1) is 0 Å². The number of para-hydroxylation sites is 1. The minimum Gasteiger partial charge on any atom is -0.255 e. The van der Waals surface area contributed by atoms with Crippen molar-refractivity contribution in [2.24, 2.45) is 0 Å². The molecule has 0 spiro atoms. The van der Waals surface area contributed by atoms with Gasteiger partial charge in [0, 0.05) is 17.8 Å². The maximum atomic E-state index is 9.21. The van der Waals surface area contributed by atoms with Gasteiger partial charge in [-0.25, -0.2) is 4.68 Å². The highest BCUT2D eigenvalue weighted by atomic mass is 15.3. The van der Waals surface area contributed by atoms with Crippen molar-refractivity contribution in [3.05, 3.63) is 54.0 Å². The molecule has 4 heteroatoms. The van der Waals surface area contributed by atoms with Crippen molar-refractivity contribution in [3.8, 4) is 11.8 Å². The zero-order chi connectivity index (χ0) is 12.5. The van der Waals surface area contributed by atoms with E-state index in [0.717, 1.165) is 22.2 Å². The molecule has 0 aliphatic heterocycles. The first-order chi connectivity index (χ1) is 8.79. The minimum absolute atomic E-state index is 0.525. The third-order valence-electron chi connectivity index (χ3n) is 2.81. The molecular weight excluding hydrogens is 224 g/mol. The van der Waals surface area contributed by atoms with E-state index in [4.69, 9.17) is 0 Å². The SMILES string of the molecule is Cc1cnn(-c2c(C#N)cnc3ccccc23)c1. The Kier molecular flexibility index (Phi) is 2.31. The average molecular weight is 234 g/mol. The van der Waals surface area contributed by atoms with Gasteiger partial charge in [0.25, 0.3) is 0 Å². The molecule has 0 unspecified atom stereocenters. The van der Waals surface area contributed by atoms with E-state index in [2.05, 4.69) is 16.2 Å². The molecule has 0 atom stereocenters. The van der Waals surface area contributed by atoms with Gasteiger partial charge in [0.1, 0.15) is 6.07 Å². The molecule has 3 aromatic rings. The van der Waals surface area contributed by atoms with Crippen LogP contribution in [0.15, 0.2) is 42.9 Å². The van der Waals surface area contributed by atoms with Gasteiger partial charge in [0.2, 0.25) is 0 Å². The Morgan fingerprint density at radius 3 is 2.78 bits per heavy atom. The van der Waals surface area contributed by atoms with Crippen LogP contribution in [-0.4, -0.2) is 14.8 Å². The maximum absolute atomic E-state index is 9.21. The van der Waals surface area contributed by atoms with Gasteiger partial charge in [-0.3, -0.25) is 4.98 Å². The quantitative estimate of drug-likeness (QED) is 0.650. The summed E-state index contributed by atoms with van der Waals surface area (Å²) in [6, 6.07) is 9.92. The van der Waals surface area contributed by atoms with Gasteiger partial charge >= 0.3 is 0 Å². The van der Waals surface area contributed by atoms with Crippen LogP contribution in [0.2, 0.25) is 0 Å². The number of benzene rings is 1. The van der Waals surface area contributed by atoms with Crippen molar-refractivity contribution in [3.63, 3.8) is 0 Å². The maximum Gasteiger partial charge on any atom is 0.103 e. The van der Waals surface area contributed by atoms with Crippen LogP contribution in [0, 0.1) is 18.3 Å². The van der Waals surface area contributed by atoms with Crippen molar-refractivity contribution in [1.82, 2.24) is 14.8 Å². The van der Waals surface area contributed by atoms with E-state index < -0.39 is 0 Å². The number of aromatic nitrogens is 3. The van der Waals surface area contributed by atoms with Crippen LogP contribution in [-0.2, 0) is 0 Å². The Labute approximate surface area is 104 Å². The van der Waals surface area contributed by atoms with Crippen LogP contribution >= 0.6 is 0 Å². The molecule has 1 aromatic carbocycles. The summed E-state index contributed by atoms with van der Waals surface area (Å²) in [6.07, 6.45) is 5.27. The molecule has 0 N–H and O–H groups in total. The lowest BCUT2D eigenvalue weighted by Gasteiger charge is -2.07. The molecule has 0 radical (unpaired) electrons. The van der Waals surface area contributed by atoms with Crippen molar-refractivity contribution in [1.29, 1.82) is 5.26 Å². The van der Waals surface area contributed by atoms with Crippen LogP contribution in [0.1, 0.15) is 11.1 Å². The second kappa shape index (κ2) is 3.97. The van der Waals surface area contributed by atoms with Gasteiger partial charge in [-0.1, -0.05) is 18.2 Å². The van der Waals surface area contributed by atoms with E-state index in [-0.39, 0.29) is 0 Å². The fraction of sp³-hybridized carbons (Fsp3) is 0.0714. The molecule has 0 fully saturated rings. The van der Waals surface area contributed by atoms with Crippen molar-refractivity contribution in [2.75, 3.05) is 0 Å². The minimum atomic E-state index is 0.525. The van der Waals surface area contributed by atoms with Gasteiger partial charge < -0.3 is 0 Å². The first-order valence-electron chi connectivity index (χ1n) is 5.59. The average Bonchev–Trinajstić information content (AvgIpc) is 2.83. The molecule has 0 bridgehead atoms. The van der Waals surface area contributed by atoms with E-state index in [0.29, 0.717) is 5.56 Å². The number of hydrogen-bond acceptors (Lipinski definition) is 3. The molecule has 3 rings (SSSR count). The normalized spacial score (nSPS) is 10.4. The summed E-state index contributed by atoms with van der Waals surface area (Å²) in [4.78, 5) is 4.28. The molecular formula is C14H10N4. The third kappa shape index (κ3) is 1.54. The molecule has 18 heavy (non-hydrogen) atoms. The molecule has 4 nitrogen and oxygen atoms in total. The number of nitriles is 1. The Balaban J connectivity index is 2.41. The molecule has 0 amide bonds. The first kappa shape index (κ1) is 10.5. The molecule has 0 saturated heterocycles. The van der Waals surface area contributed by atoms with E-state index in [9.17, 15) is 5.26 Å². The number of aryl methyl sites for hydroxylation is 1. The molecule has 86 valence electrons. The monoisotopic (exact) mass is 234 g/mol. The summed E-state index contributed by atoms with van der Waals surface area (Å²) in [5, 5.41) is 14.4. The predicted molar refractivity (Wildman–Crippen MR) is 68.3 cm³/mol. The Hall–Kier alpha value is -2.67. The van der Waals surface area contributed by atoms with Gasteiger partial charge in [-0.2, -0.15) is 10.4 Å². The number of nitrogens with zero attached hydrogens (tertiary/aromatic N) is 4. The third-order valence-corrected chi connectivity index (χ3v) is 2.81. The van der Waals surface area contributed by atoms with Crippen LogP contribution in [0.4, 0.5) is 0 Å². The van der Waals surface area contributed by atoms with E-state index in [1.54, 1.807) is 17.1 Å². The second-order valence-corrected chi connectivity index (χ2v) is 4.11. The van der Waals surface area contributed by atoms with Crippen LogP contribution in [0.25, 0.3) is 16.6 Å². The number of pyridine rings is 1. The van der Waals surface area contributed by atoms with E-state index >= 15 is 0 Å². The molecule has 0 aliphatic rings. The van der Waals surface area contributed by atoms with Crippen molar-refractivity contribution >= 4 is 10.9 Å². The molecule has 2 heterocycles. The largest absolute Gasteiger partial charge is 0.255 e. The molecule has 0 saturated carbocycles. The zero-order valence-electron chi connectivity index (χ0n) is 9.83. The summed E-state index contributed by atoms with van der Waals surface area (Å²) < 4.78 is 1.73. The predicted octanol–water partition coefficient (Wildman–Crippen LogP) is 2.60. The van der Waals surface area contributed by atoms with Crippen LogP contribution < -0.4 is 0 Å². The highest BCUT2D eigenvalue weighted by Gasteiger charge is 2.11. The number of rotatable bonds is 1. The highest BCUT2D eigenvalue weighted by Crippen LogP contribution is 2.23. The standard InChI is InChI=1S/C14H10N4/c1-10-7-17-18(9-10)14-11(6-15)8-16-13-5-3-2-4-12(13)14/h2-5,7-9H,1H3. The number of hydrogen-bond donors (Lipinski definition) is 0. The lowest BCUT2D eigenvalue weighted by atomic mass is 10.1. The van der Waals surface area contributed by atoms with E-state index in [1.807, 2.05) is 37.4 Å². The summed E-state index contributed by atoms with van der Waals surface area (Å²) in [6.45, 7) is 1.97. The summed E-state index contributed by atoms with van der Waals surface area (Å²) in [5.74, 6) is 0. The summed E-state index contributed by atoms with van der Waals surface area (Å²) >= 11 is 0. The highest BCUT2D eigenvalue weighted by molar-refractivity contribution is 5.89. The topological polar surface area (TPSA) is 54.5 Å². The first-order valence-corrected chi connectivity index (χ1v) is 5.59.